The third-order valence-corrected chi connectivity index (χ3v) is 3.93. The zero-order valence-corrected chi connectivity index (χ0v) is 9.89. The molecule has 80 valence electrons. The quantitative estimate of drug-likeness (QED) is 0.437. The number of hydrogen-bond acceptors (Lipinski definition) is 2. The van der Waals surface area contributed by atoms with E-state index < -0.39 is 6.55 Å². The fourth-order valence-electron chi connectivity index (χ4n) is 2.60. The molecule has 14 heavy (non-hydrogen) atoms. The lowest BCUT2D eigenvalue weighted by Crippen LogP contribution is -2.41. The molecule has 1 fully saturated rings. The van der Waals surface area contributed by atoms with Crippen LogP contribution in [-0.4, -0.2) is 17.8 Å². The van der Waals surface area contributed by atoms with Gasteiger partial charge >= 0.3 is 0 Å². The first-order chi connectivity index (χ1) is 6.27. The van der Waals surface area contributed by atoms with E-state index in [4.69, 9.17) is 9.31 Å². The Bertz CT molecular complexity index is 276. The minimum absolute atomic E-state index is 0.175. The van der Waals surface area contributed by atoms with E-state index in [0.29, 0.717) is 0 Å². The van der Waals surface area contributed by atoms with E-state index >= 15 is 0 Å². The normalized spacial score (nSPS) is 32.2. The van der Waals surface area contributed by atoms with Crippen molar-refractivity contribution in [1.29, 1.82) is 0 Å². The van der Waals surface area contributed by atoms with Crippen molar-refractivity contribution in [2.24, 2.45) is 0 Å². The zero-order chi connectivity index (χ0) is 10.6. The monoisotopic (exact) mass is 195 g/mol. The summed E-state index contributed by atoms with van der Waals surface area (Å²) in [7, 11) is 0. The second-order valence-corrected chi connectivity index (χ2v) is 5.80. The predicted octanol–water partition coefficient (Wildman–Crippen LogP) is 2.99. The van der Waals surface area contributed by atoms with Crippen LogP contribution in [0.1, 0.15) is 34.6 Å². The Balaban J connectivity index is 2.22. The van der Waals surface area contributed by atoms with Gasteiger partial charge in [-0.3, -0.25) is 0 Å². The van der Waals surface area contributed by atoms with Crippen LogP contribution >= 0.6 is 0 Å². The molecule has 2 rings (SSSR count). The van der Waals surface area contributed by atoms with Crippen LogP contribution in [0.4, 0.5) is 0 Å². The van der Waals surface area contributed by atoms with E-state index in [1.165, 1.54) is 5.57 Å². The maximum atomic E-state index is 6.17. The molecular formula is C11H20BO2-. The molecule has 1 saturated heterocycles. The van der Waals surface area contributed by atoms with E-state index in [9.17, 15) is 0 Å². The second kappa shape index (κ2) is 2.64. The zero-order valence-electron chi connectivity index (χ0n) is 9.89. The summed E-state index contributed by atoms with van der Waals surface area (Å²) in [6.07, 6.45) is 4.18. The molecule has 0 atom stereocenters. The second-order valence-electron chi connectivity index (χ2n) is 5.80. The Morgan fingerprint density at radius 3 is 2.00 bits per heavy atom. The first kappa shape index (κ1) is 10.2. The van der Waals surface area contributed by atoms with Gasteiger partial charge in [0, 0.05) is 11.2 Å². The molecule has 2 heterocycles. The van der Waals surface area contributed by atoms with Crippen LogP contribution in [-0.2, 0) is 9.31 Å². The van der Waals surface area contributed by atoms with Crippen LogP contribution in [0.5, 0.6) is 0 Å². The van der Waals surface area contributed by atoms with Gasteiger partial charge < -0.3 is 9.31 Å². The van der Waals surface area contributed by atoms with Crippen LogP contribution in [0.15, 0.2) is 11.6 Å². The topological polar surface area (TPSA) is 18.5 Å². The van der Waals surface area contributed by atoms with Gasteiger partial charge in [0.05, 0.1) is 0 Å². The van der Waals surface area contributed by atoms with Crippen molar-refractivity contribution in [1.82, 2.24) is 0 Å². The van der Waals surface area contributed by atoms with Crippen molar-refractivity contribution < 1.29 is 9.31 Å². The van der Waals surface area contributed by atoms with E-state index in [2.05, 4.69) is 40.7 Å². The van der Waals surface area contributed by atoms with E-state index in [-0.39, 0.29) is 11.2 Å². The Labute approximate surface area is 86.6 Å². The average molecular weight is 195 g/mol. The molecule has 0 aromatic heterocycles. The van der Waals surface area contributed by atoms with Crippen LogP contribution in [0.3, 0.4) is 0 Å². The molecule has 3 heteroatoms. The van der Waals surface area contributed by atoms with Crippen molar-refractivity contribution in [3.63, 3.8) is 0 Å². The van der Waals surface area contributed by atoms with Crippen LogP contribution in [0, 0.1) is 0 Å². The third-order valence-electron chi connectivity index (χ3n) is 3.93. The SMILES string of the molecule is CC1=CC[B-]2(C1)OC(C)(C)C(C)(C)O2. The maximum Gasteiger partial charge on any atom is 0.248 e. The molecule has 0 N–H and O–H groups in total. The van der Waals surface area contributed by atoms with Gasteiger partial charge in [0.15, 0.2) is 0 Å². The van der Waals surface area contributed by atoms with Crippen molar-refractivity contribution in [3.05, 3.63) is 11.6 Å². The molecule has 0 unspecified atom stereocenters. The Morgan fingerprint density at radius 1 is 1.14 bits per heavy atom. The van der Waals surface area contributed by atoms with Crippen molar-refractivity contribution >= 4 is 6.55 Å². The molecule has 0 bridgehead atoms. The highest BCUT2D eigenvalue weighted by Gasteiger charge is 2.51. The van der Waals surface area contributed by atoms with Crippen LogP contribution in [0.25, 0.3) is 0 Å². The van der Waals surface area contributed by atoms with Gasteiger partial charge in [0.25, 0.3) is 0 Å². The Morgan fingerprint density at radius 2 is 1.64 bits per heavy atom. The van der Waals surface area contributed by atoms with Gasteiger partial charge in [0.1, 0.15) is 0 Å². The standard InChI is InChI=1S/C11H20BO2/c1-9-6-7-12(8-9)13-10(2,3)11(4,5)14-12/h6H,7-8H2,1-5H3/q-1. The maximum absolute atomic E-state index is 6.17. The lowest BCUT2D eigenvalue weighted by atomic mass is 9.54. The fourth-order valence-corrected chi connectivity index (χ4v) is 2.60. The third kappa shape index (κ3) is 1.34. The summed E-state index contributed by atoms with van der Waals surface area (Å²) >= 11 is 0. The minimum Gasteiger partial charge on any atom is -0.561 e. The van der Waals surface area contributed by atoms with Gasteiger partial charge in [-0.05, 0) is 34.6 Å². The van der Waals surface area contributed by atoms with Gasteiger partial charge in [-0.25, -0.2) is 0 Å². The van der Waals surface area contributed by atoms with E-state index in [1.807, 2.05) is 0 Å². The molecule has 2 aliphatic heterocycles. The molecule has 0 aliphatic carbocycles. The first-order valence-electron chi connectivity index (χ1n) is 5.50. The Kier molecular flexibility index (Phi) is 1.94. The number of hydrogen-bond donors (Lipinski definition) is 0. The summed E-state index contributed by atoms with van der Waals surface area (Å²) < 4.78 is 12.3. The fraction of sp³-hybridized carbons (Fsp3) is 0.818. The van der Waals surface area contributed by atoms with Crippen LogP contribution < -0.4 is 0 Å². The summed E-state index contributed by atoms with van der Waals surface area (Å²) in [4.78, 5) is 0. The largest absolute Gasteiger partial charge is 0.561 e. The molecule has 2 aliphatic rings. The summed E-state index contributed by atoms with van der Waals surface area (Å²) in [5.41, 5.74) is 1.05. The van der Waals surface area contributed by atoms with Crippen molar-refractivity contribution in [2.45, 2.75) is 58.5 Å². The number of rotatable bonds is 0. The van der Waals surface area contributed by atoms with Gasteiger partial charge in [-0.1, -0.05) is 0 Å². The summed E-state index contributed by atoms with van der Waals surface area (Å²) in [6.45, 7) is 9.59. The van der Waals surface area contributed by atoms with Crippen LogP contribution in [0.2, 0.25) is 12.6 Å². The Hall–Kier alpha value is -0.275. The van der Waals surface area contributed by atoms with Gasteiger partial charge in [-0.2, -0.15) is 0 Å². The summed E-state index contributed by atoms with van der Waals surface area (Å²) in [6, 6.07) is 0. The molecular weight excluding hydrogens is 175 g/mol. The molecule has 2 nitrogen and oxygen atoms in total. The molecule has 0 saturated carbocycles. The lowest BCUT2D eigenvalue weighted by Gasteiger charge is -2.37. The van der Waals surface area contributed by atoms with Gasteiger partial charge in [0.2, 0.25) is 6.55 Å². The smallest absolute Gasteiger partial charge is 0.248 e. The lowest BCUT2D eigenvalue weighted by molar-refractivity contribution is 0.00578. The average Bonchev–Trinajstić information content (AvgIpc) is 2.35. The summed E-state index contributed by atoms with van der Waals surface area (Å²) in [5.74, 6) is 0. The predicted molar refractivity (Wildman–Crippen MR) is 59.5 cm³/mol. The highest BCUT2D eigenvalue weighted by molar-refractivity contribution is 6.70. The highest BCUT2D eigenvalue weighted by atomic mass is 16.7. The molecule has 0 aromatic carbocycles. The molecule has 0 aromatic rings. The van der Waals surface area contributed by atoms with Gasteiger partial charge in [-0.15, -0.1) is 24.3 Å². The van der Waals surface area contributed by atoms with E-state index in [1.54, 1.807) is 0 Å². The first-order valence-corrected chi connectivity index (χ1v) is 5.50. The summed E-state index contributed by atoms with van der Waals surface area (Å²) in [5, 5.41) is 0. The van der Waals surface area contributed by atoms with Crippen molar-refractivity contribution in [2.75, 3.05) is 0 Å². The van der Waals surface area contributed by atoms with Crippen molar-refractivity contribution in [3.8, 4) is 0 Å². The molecule has 0 amide bonds. The van der Waals surface area contributed by atoms with E-state index in [0.717, 1.165) is 12.6 Å². The minimum atomic E-state index is -1.05. The number of allylic oxidation sites excluding steroid dienone is 2. The molecule has 0 radical (unpaired) electrons. The highest BCUT2D eigenvalue weighted by Crippen LogP contribution is 2.48. The molecule has 1 spiro atoms.